The van der Waals surface area contributed by atoms with Gasteiger partial charge in [-0.3, -0.25) is 9.59 Å². The van der Waals surface area contributed by atoms with E-state index in [0.717, 1.165) is 37.9 Å². The summed E-state index contributed by atoms with van der Waals surface area (Å²) in [6.45, 7) is 8.57. The highest BCUT2D eigenvalue weighted by molar-refractivity contribution is 6.00. The molecule has 5 nitrogen and oxygen atoms in total. The zero-order valence-electron chi connectivity index (χ0n) is 14.5. The number of nitrogens with two attached hydrogens (primary N) is 1. The summed E-state index contributed by atoms with van der Waals surface area (Å²) in [5.41, 5.74) is 7.45. The van der Waals surface area contributed by atoms with E-state index in [0.29, 0.717) is 24.2 Å². The van der Waals surface area contributed by atoms with E-state index in [4.69, 9.17) is 5.73 Å². The minimum atomic E-state index is -0.159. The van der Waals surface area contributed by atoms with E-state index in [2.05, 4.69) is 19.2 Å². The number of hydrogen-bond acceptors (Lipinski definition) is 3. The third-order valence-electron chi connectivity index (χ3n) is 3.53. The maximum Gasteiger partial charge on any atom is 0.253 e. The maximum atomic E-state index is 12.7. The smallest absolute Gasteiger partial charge is 0.253 e. The van der Waals surface area contributed by atoms with Crippen LogP contribution in [-0.2, 0) is 0 Å². The first-order chi connectivity index (χ1) is 11.0. The molecule has 0 bridgehead atoms. The van der Waals surface area contributed by atoms with Crippen molar-refractivity contribution in [1.29, 1.82) is 0 Å². The van der Waals surface area contributed by atoms with E-state index < -0.39 is 0 Å². The molecular formula is C18H29N3O2. The Morgan fingerprint density at radius 1 is 1.09 bits per heavy atom. The monoisotopic (exact) mass is 319 g/mol. The molecule has 0 saturated heterocycles. The minimum absolute atomic E-state index is 0.00610. The largest absolute Gasteiger partial charge is 0.352 e. The Morgan fingerprint density at radius 2 is 1.70 bits per heavy atom. The molecule has 0 fully saturated rings. The summed E-state index contributed by atoms with van der Waals surface area (Å²) >= 11 is 0. The van der Waals surface area contributed by atoms with Crippen molar-refractivity contribution in [3.8, 4) is 0 Å². The Labute approximate surface area is 139 Å². The molecule has 2 amide bonds. The van der Waals surface area contributed by atoms with Crippen LogP contribution in [0.4, 0.5) is 0 Å². The van der Waals surface area contributed by atoms with Crippen LogP contribution in [0.5, 0.6) is 0 Å². The van der Waals surface area contributed by atoms with Crippen LogP contribution in [0, 0.1) is 6.92 Å². The van der Waals surface area contributed by atoms with Crippen molar-refractivity contribution in [2.75, 3.05) is 26.2 Å². The Balaban J connectivity index is 2.94. The van der Waals surface area contributed by atoms with Gasteiger partial charge in [-0.05, 0) is 56.5 Å². The van der Waals surface area contributed by atoms with Crippen LogP contribution in [0.15, 0.2) is 18.2 Å². The Hall–Kier alpha value is -1.88. The second kappa shape index (κ2) is 10.0. The molecular weight excluding hydrogens is 290 g/mol. The van der Waals surface area contributed by atoms with Gasteiger partial charge in [0.2, 0.25) is 0 Å². The van der Waals surface area contributed by atoms with Gasteiger partial charge in [0.1, 0.15) is 0 Å². The fourth-order valence-corrected chi connectivity index (χ4v) is 2.48. The van der Waals surface area contributed by atoms with E-state index in [1.165, 1.54) is 0 Å². The zero-order valence-corrected chi connectivity index (χ0v) is 14.5. The molecule has 128 valence electrons. The number of aryl methyl sites for hydroxylation is 1. The summed E-state index contributed by atoms with van der Waals surface area (Å²) in [5, 5.41) is 2.83. The zero-order chi connectivity index (χ0) is 17.2. The van der Waals surface area contributed by atoms with Gasteiger partial charge in [-0.1, -0.05) is 13.8 Å². The van der Waals surface area contributed by atoms with Gasteiger partial charge in [-0.2, -0.15) is 0 Å². The van der Waals surface area contributed by atoms with Crippen LogP contribution in [0.25, 0.3) is 0 Å². The van der Waals surface area contributed by atoms with Gasteiger partial charge in [-0.15, -0.1) is 0 Å². The van der Waals surface area contributed by atoms with Crippen LogP contribution < -0.4 is 11.1 Å². The molecule has 5 heteroatoms. The summed E-state index contributed by atoms with van der Waals surface area (Å²) in [4.78, 5) is 26.7. The van der Waals surface area contributed by atoms with Gasteiger partial charge in [0.25, 0.3) is 11.8 Å². The van der Waals surface area contributed by atoms with Crippen molar-refractivity contribution < 1.29 is 9.59 Å². The molecule has 1 aromatic carbocycles. The highest BCUT2D eigenvalue weighted by atomic mass is 16.2. The Kier molecular flexibility index (Phi) is 8.33. The number of carbonyl (C=O) groups is 2. The van der Waals surface area contributed by atoms with E-state index in [1.54, 1.807) is 12.1 Å². The number of nitrogens with zero attached hydrogens (tertiary/aromatic N) is 1. The molecule has 0 saturated carbocycles. The van der Waals surface area contributed by atoms with Crippen molar-refractivity contribution in [1.82, 2.24) is 10.2 Å². The molecule has 0 aromatic heterocycles. The predicted molar refractivity (Wildman–Crippen MR) is 93.7 cm³/mol. The molecule has 0 aliphatic carbocycles. The van der Waals surface area contributed by atoms with Gasteiger partial charge in [-0.25, -0.2) is 0 Å². The quantitative estimate of drug-likeness (QED) is 0.686. The molecule has 0 spiro atoms. The first-order valence-electron chi connectivity index (χ1n) is 8.42. The van der Waals surface area contributed by atoms with E-state index in [9.17, 15) is 9.59 Å². The third-order valence-corrected chi connectivity index (χ3v) is 3.53. The third kappa shape index (κ3) is 6.02. The predicted octanol–water partition coefficient (Wildman–Crippen LogP) is 2.34. The molecule has 1 aromatic rings. The van der Waals surface area contributed by atoms with Crippen molar-refractivity contribution >= 4 is 11.8 Å². The average Bonchev–Trinajstić information content (AvgIpc) is 2.53. The second-order valence-electron chi connectivity index (χ2n) is 5.78. The van der Waals surface area contributed by atoms with Gasteiger partial charge in [0.15, 0.2) is 0 Å². The van der Waals surface area contributed by atoms with E-state index >= 15 is 0 Å². The van der Waals surface area contributed by atoms with E-state index in [1.807, 2.05) is 17.9 Å². The summed E-state index contributed by atoms with van der Waals surface area (Å²) < 4.78 is 0. The molecule has 0 radical (unpaired) electrons. The molecule has 23 heavy (non-hydrogen) atoms. The molecule has 0 unspecified atom stereocenters. The van der Waals surface area contributed by atoms with Crippen LogP contribution in [0.1, 0.15) is 59.4 Å². The number of amides is 2. The van der Waals surface area contributed by atoms with E-state index in [-0.39, 0.29) is 11.8 Å². The molecule has 3 N–H and O–H groups in total. The maximum absolute atomic E-state index is 12.7. The highest BCUT2D eigenvalue weighted by Crippen LogP contribution is 2.13. The molecule has 0 heterocycles. The summed E-state index contributed by atoms with van der Waals surface area (Å²) in [6, 6.07) is 5.33. The number of rotatable bonds is 9. The SMILES string of the molecule is CCCN(CCC)C(=O)c1cc(C)cc(C(=O)NCCCN)c1. The number of carbonyl (C=O) groups excluding carboxylic acids is 2. The normalized spacial score (nSPS) is 10.4. The lowest BCUT2D eigenvalue weighted by atomic mass is 10.0. The topological polar surface area (TPSA) is 75.4 Å². The number of benzene rings is 1. The van der Waals surface area contributed by atoms with Crippen LogP contribution >= 0.6 is 0 Å². The lowest BCUT2D eigenvalue weighted by Crippen LogP contribution is -2.33. The van der Waals surface area contributed by atoms with Gasteiger partial charge >= 0.3 is 0 Å². The fourth-order valence-electron chi connectivity index (χ4n) is 2.48. The lowest BCUT2D eigenvalue weighted by Gasteiger charge is -2.22. The van der Waals surface area contributed by atoms with Crippen molar-refractivity contribution in [2.24, 2.45) is 5.73 Å². The standard InChI is InChI=1S/C18H29N3O2/c1-4-9-21(10-5-2)18(23)16-12-14(3)11-15(13-16)17(22)20-8-6-7-19/h11-13H,4-10,19H2,1-3H3,(H,20,22). The Morgan fingerprint density at radius 3 is 2.26 bits per heavy atom. The fraction of sp³-hybridized carbons (Fsp3) is 0.556. The number of hydrogen-bond donors (Lipinski definition) is 2. The number of nitrogens with one attached hydrogen (secondary N) is 1. The summed E-state index contributed by atoms with van der Waals surface area (Å²) in [5.74, 6) is -0.165. The minimum Gasteiger partial charge on any atom is -0.352 e. The summed E-state index contributed by atoms with van der Waals surface area (Å²) in [6.07, 6.45) is 2.58. The first kappa shape index (κ1) is 19.2. The Bertz CT molecular complexity index is 523. The van der Waals surface area contributed by atoms with Gasteiger partial charge in [0.05, 0.1) is 0 Å². The summed E-state index contributed by atoms with van der Waals surface area (Å²) in [7, 11) is 0. The van der Waals surface area contributed by atoms with Crippen LogP contribution in [0.2, 0.25) is 0 Å². The molecule has 0 aliphatic rings. The van der Waals surface area contributed by atoms with Crippen molar-refractivity contribution in [2.45, 2.75) is 40.0 Å². The van der Waals surface area contributed by atoms with Crippen molar-refractivity contribution in [3.63, 3.8) is 0 Å². The first-order valence-corrected chi connectivity index (χ1v) is 8.42. The van der Waals surface area contributed by atoms with Gasteiger partial charge < -0.3 is 16.0 Å². The molecule has 0 atom stereocenters. The van der Waals surface area contributed by atoms with Crippen LogP contribution in [-0.4, -0.2) is 42.9 Å². The van der Waals surface area contributed by atoms with Crippen molar-refractivity contribution in [3.05, 3.63) is 34.9 Å². The molecule has 0 aliphatic heterocycles. The highest BCUT2D eigenvalue weighted by Gasteiger charge is 2.17. The molecule has 1 rings (SSSR count). The van der Waals surface area contributed by atoms with Crippen LogP contribution in [0.3, 0.4) is 0 Å². The van der Waals surface area contributed by atoms with Gasteiger partial charge in [0, 0.05) is 30.8 Å². The second-order valence-corrected chi connectivity index (χ2v) is 5.78. The average molecular weight is 319 g/mol. The lowest BCUT2D eigenvalue weighted by molar-refractivity contribution is 0.0755.